The van der Waals surface area contributed by atoms with Crippen LogP contribution >= 0.6 is 0 Å². The van der Waals surface area contributed by atoms with Crippen molar-refractivity contribution in [3.63, 3.8) is 0 Å². The number of piperidine rings is 1. The molecule has 2 rings (SSSR count). The van der Waals surface area contributed by atoms with Crippen LogP contribution in [0.5, 0.6) is 5.75 Å². The molecule has 0 saturated carbocycles. The first-order chi connectivity index (χ1) is 9.52. The monoisotopic (exact) mass is 277 g/mol. The van der Waals surface area contributed by atoms with Crippen molar-refractivity contribution in [2.45, 2.75) is 32.8 Å². The van der Waals surface area contributed by atoms with Gasteiger partial charge in [-0.3, -0.25) is 4.79 Å². The molecule has 4 heteroatoms. The van der Waals surface area contributed by atoms with Gasteiger partial charge < -0.3 is 14.7 Å². The predicted molar refractivity (Wildman–Crippen MR) is 78.0 cm³/mol. The first-order valence-electron chi connectivity index (χ1n) is 7.15. The van der Waals surface area contributed by atoms with Crippen molar-refractivity contribution in [3.8, 4) is 5.75 Å². The van der Waals surface area contributed by atoms with Gasteiger partial charge in [-0.1, -0.05) is 0 Å². The highest BCUT2D eigenvalue weighted by Gasteiger charge is 2.26. The van der Waals surface area contributed by atoms with Crippen LogP contribution in [0, 0.1) is 12.8 Å². The Labute approximate surface area is 120 Å². The minimum absolute atomic E-state index is 0.0780. The van der Waals surface area contributed by atoms with E-state index in [1.165, 1.54) is 0 Å². The zero-order chi connectivity index (χ0) is 14.7. The Balaban J connectivity index is 2.05. The van der Waals surface area contributed by atoms with Crippen molar-refractivity contribution in [1.29, 1.82) is 0 Å². The molecule has 1 atom stereocenters. The Hall–Kier alpha value is -1.55. The van der Waals surface area contributed by atoms with Crippen LogP contribution in [0.2, 0.25) is 0 Å². The van der Waals surface area contributed by atoms with Gasteiger partial charge in [-0.25, -0.2) is 0 Å². The highest BCUT2D eigenvalue weighted by Crippen LogP contribution is 2.24. The van der Waals surface area contributed by atoms with Crippen molar-refractivity contribution in [3.05, 3.63) is 29.3 Å². The smallest absolute Gasteiger partial charge is 0.254 e. The molecule has 1 amide bonds. The average Bonchev–Trinajstić information content (AvgIpc) is 2.46. The molecule has 1 N–H and O–H groups in total. The molecule has 1 aliphatic rings. The van der Waals surface area contributed by atoms with Gasteiger partial charge in [0, 0.05) is 18.7 Å². The molecule has 1 saturated heterocycles. The first kappa shape index (κ1) is 14.9. The fraction of sp³-hybridized carbons (Fsp3) is 0.562. The standard InChI is InChI=1S/C16H23NO3/c1-11-10-14(20-3)4-5-15(11)16(19)17-8-6-13(7-9-17)12(2)18/h4-5,10,12-13,18H,6-9H2,1-3H3. The Bertz CT molecular complexity index is 477. The highest BCUT2D eigenvalue weighted by atomic mass is 16.5. The second-order valence-electron chi connectivity index (χ2n) is 5.55. The van der Waals surface area contributed by atoms with Crippen molar-refractivity contribution in [2.75, 3.05) is 20.2 Å². The molecular formula is C16H23NO3. The number of rotatable bonds is 3. The second kappa shape index (κ2) is 6.27. The van der Waals surface area contributed by atoms with Gasteiger partial charge in [0.15, 0.2) is 0 Å². The molecule has 0 aromatic heterocycles. The highest BCUT2D eigenvalue weighted by molar-refractivity contribution is 5.95. The number of amides is 1. The summed E-state index contributed by atoms with van der Waals surface area (Å²) in [4.78, 5) is 14.4. The quantitative estimate of drug-likeness (QED) is 0.921. The zero-order valence-corrected chi connectivity index (χ0v) is 12.4. The van der Waals surface area contributed by atoms with E-state index < -0.39 is 0 Å². The van der Waals surface area contributed by atoms with Gasteiger partial charge in [-0.2, -0.15) is 0 Å². The summed E-state index contributed by atoms with van der Waals surface area (Å²) in [5.41, 5.74) is 1.67. The third-order valence-corrected chi connectivity index (χ3v) is 4.17. The number of hydrogen-bond donors (Lipinski definition) is 1. The third kappa shape index (κ3) is 3.12. The molecule has 1 aliphatic heterocycles. The SMILES string of the molecule is COc1ccc(C(=O)N2CCC(C(C)O)CC2)c(C)c1. The molecule has 0 aliphatic carbocycles. The maximum absolute atomic E-state index is 12.5. The topological polar surface area (TPSA) is 49.8 Å². The van der Waals surface area contributed by atoms with Crippen molar-refractivity contribution in [1.82, 2.24) is 4.90 Å². The van der Waals surface area contributed by atoms with Crippen LogP contribution in [0.4, 0.5) is 0 Å². The van der Waals surface area contributed by atoms with Crippen LogP contribution in [0.3, 0.4) is 0 Å². The van der Waals surface area contributed by atoms with E-state index >= 15 is 0 Å². The number of carbonyl (C=O) groups excluding carboxylic acids is 1. The number of aliphatic hydroxyl groups is 1. The number of methoxy groups -OCH3 is 1. The lowest BCUT2D eigenvalue weighted by molar-refractivity contribution is 0.0521. The molecule has 1 aromatic carbocycles. The largest absolute Gasteiger partial charge is 0.497 e. The lowest BCUT2D eigenvalue weighted by Crippen LogP contribution is -2.40. The van der Waals surface area contributed by atoms with E-state index in [4.69, 9.17) is 4.74 Å². The van der Waals surface area contributed by atoms with E-state index in [9.17, 15) is 9.90 Å². The second-order valence-corrected chi connectivity index (χ2v) is 5.55. The fourth-order valence-electron chi connectivity index (χ4n) is 2.76. The molecule has 0 bridgehead atoms. The molecule has 1 heterocycles. The number of carbonyl (C=O) groups is 1. The van der Waals surface area contributed by atoms with Gasteiger partial charge >= 0.3 is 0 Å². The maximum atomic E-state index is 12.5. The first-order valence-corrected chi connectivity index (χ1v) is 7.15. The van der Waals surface area contributed by atoms with Crippen LogP contribution in [-0.2, 0) is 0 Å². The van der Waals surface area contributed by atoms with Gasteiger partial charge in [0.2, 0.25) is 0 Å². The van der Waals surface area contributed by atoms with Crippen LogP contribution < -0.4 is 4.74 Å². The summed E-state index contributed by atoms with van der Waals surface area (Å²) >= 11 is 0. The molecule has 0 radical (unpaired) electrons. The van der Waals surface area contributed by atoms with Gasteiger partial charge in [0.1, 0.15) is 5.75 Å². The molecule has 1 unspecified atom stereocenters. The number of benzene rings is 1. The summed E-state index contributed by atoms with van der Waals surface area (Å²) in [6.45, 7) is 5.20. The van der Waals surface area contributed by atoms with Crippen LogP contribution in [0.15, 0.2) is 18.2 Å². The van der Waals surface area contributed by atoms with Gasteiger partial charge in [-0.05, 0) is 56.4 Å². The maximum Gasteiger partial charge on any atom is 0.254 e. The fourth-order valence-corrected chi connectivity index (χ4v) is 2.76. The van der Waals surface area contributed by atoms with Crippen LogP contribution in [0.1, 0.15) is 35.7 Å². The average molecular weight is 277 g/mol. The Morgan fingerprint density at radius 2 is 2.05 bits per heavy atom. The number of ether oxygens (including phenoxy) is 1. The summed E-state index contributed by atoms with van der Waals surface area (Å²) in [6, 6.07) is 5.54. The van der Waals surface area contributed by atoms with E-state index in [2.05, 4.69) is 0 Å². The van der Waals surface area contributed by atoms with E-state index in [-0.39, 0.29) is 12.0 Å². The van der Waals surface area contributed by atoms with Crippen molar-refractivity contribution in [2.24, 2.45) is 5.92 Å². The van der Waals surface area contributed by atoms with Gasteiger partial charge in [0.05, 0.1) is 13.2 Å². The summed E-state index contributed by atoms with van der Waals surface area (Å²) in [5.74, 6) is 1.16. The van der Waals surface area contributed by atoms with Crippen molar-refractivity contribution < 1.29 is 14.6 Å². The Morgan fingerprint density at radius 1 is 1.40 bits per heavy atom. The normalized spacial score (nSPS) is 17.9. The van der Waals surface area contributed by atoms with Gasteiger partial charge in [0.25, 0.3) is 5.91 Å². The third-order valence-electron chi connectivity index (χ3n) is 4.17. The van der Waals surface area contributed by atoms with E-state index in [0.717, 1.165) is 42.8 Å². The van der Waals surface area contributed by atoms with E-state index in [0.29, 0.717) is 5.92 Å². The Kier molecular flexibility index (Phi) is 4.65. The van der Waals surface area contributed by atoms with Crippen LogP contribution in [-0.4, -0.2) is 42.2 Å². The number of aliphatic hydroxyl groups excluding tert-OH is 1. The molecule has 1 fully saturated rings. The summed E-state index contributed by atoms with van der Waals surface area (Å²) in [5, 5.41) is 9.60. The summed E-state index contributed by atoms with van der Waals surface area (Å²) in [6.07, 6.45) is 1.46. The van der Waals surface area contributed by atoms with Gasteiger partial charge in [-0.15, -0.1) is 0 Å². The lowest BCUT2D eigenvalue weighted by atomic mass is 9.91. The zero-order valence-electron chi connectivity index (χ0n) is 12.4. The number of hydrogen-bond acceptors (Lipinski definition) is 3. The molecular weight excluding hydrogens is 254 g/mol. The van der Waals surface area contributed by atoms with E-state index in [1.54, 1.807) is 7.11 Å². The Morgan fingerprint density at radius 3 is 2.55 bits per heavy atom. The molecule has 110 valence electrons. The molecule has 1 aromatic rings. The minimum atomic E-state index is -0.282. The summed E-state index contributed by atoms with van der Waals surface area (Å²) < 4.78 is 5.16. The number of aryl methyl sites for hydroxylation is 1. The van der Waals surface area contributed by atoms with Crippen molar-refractivity contribution >= 4 is 5.91 Å². The minimum Gasteiger partial charge on any atom is -0.497 e. The number of nitrogens with zero attached hydrogens (tertiary/aromatic N) is 1. The molecule has 4 nitrogen and oxygen atoms in total. The van der Waals surface area contributed by atoms with E-state index in [1.807, 2.05) is 36.9 Å². The number of likely N-dealkylation sites (tertiary alicyclic amines) is 1. The molecule has 20 heavy (non-hydrogen) atoms. The van der Waals surface area contributed by atoms with Crippen LogP contribution in [0.25, 0.3) is 0 Å². The summed E-state index contributed by atoms with van der Waals surface area (Å²) in [7, 11) is 1.62. The lowest BCUT2D eigenvalue weighted by Gasteiger charge is -2.33. The molecule has 0 spiro atoms. The predicted octanol–water partition coefficient (Wildman–Crippen LogP) is 2.24.